The van der Waals surface area contributed by atoms with E-state index >= 15 is 0 Å². The van der Waals surface area contributed by atoms with Gasteiger partial charge in [-0.2, -0.15) is 0 Å². The summed E-state index contributed by atoms with van der Waals surface area (Å²) >= 11 is 0. The highest BCUT2D eigenvalue weighted by Gasteiger charge is 2.34. The van der Waals surface area contributed by atoms with Gasteiger partial charge in [-0.1, -0.05) is 0 Å². The Morgan fingerprint density at radius 3 is 1.36 bits per heavy atom. The molecule has 0 radical (unpaired) electrons. The highest BCUT2D eigenvalue weighted by Crippen LogP contribution is 2.39. The SMILES string of the molecule is OC1CC2CC(O)CC(C1)C2. The van der Waals surface area contributed by atoms with Gasteiger partial charge in [0.15, 0.2) is 0 Å². The van der Waals surface area contributed by atoms with Crippen molar-refractivity contribution in [1.82, 2.24) is 0 Å². The van der Waals surface area contributed by atoms with Crippen LogP contribution in [0.3, 0.4) is 0 Å². The quantitative estimate of drug-likeness (QED) is 0.547. The fourth-order valence-electron chi connectivity index (χ4n) is 2.78. The maximum absolute atomic E-state index is 9.42. The van der Waals surface area contributed by atoms with Crippen molar-refractivity contribution in [3.05, 3.63) is 0 Å². The highest BCUT2D eigenvalue weighted by molar-refractivity contribution is 4.86. The summed E-state index contributed by atoms with van der Waals surface area (Å²) in [7, 11) is 0. The Balaban J connectivity index is 2.00. The topological polar surface area (TPSA) is 40.5 Å². The van der Waals surface area contributed by atoms with Gasteiger partial charge in [0, 0.05) is 0 Å². The molecule has 0 atom stereocenters. The minimum absolute atomic E-state index is 0.0775. The molecule has 2 bridgehead atoms. The molecule has 2 nitrogen and oxygen atoms in total. The molecule has 0 aromatic carbocycles. The number of aliphatic hydroxyl groups excluding tert-OH is 2. The standard InChI is InChI=1S/C9H16O2/c10-8-2-6-1-7(4-8)5-9(11)3-6/h6-11H,1-5H2. The van der Waals surface area contributed by atoms with E-state index in [1.165, 1.54) is 6.42 Å². The molecule has 0 aromatic heterocycles. The molecule has 2 rings (SSSR count). The average Bonchev–Trinajstić information content (AvgIpc) is 1.82. The van der Waals surface area contributed by atoms with E-state index in [0.717, 1.165) is 25.7 Å². The molecule has 64 valence electrons. The summed E-state index contributed by atoms with van der Waals surface area (Å²) in [5, 5.41) is 18.8. The van der Waals surface area contributed by atoms with Gasteiger partial charge in [-0.15, -0.1) is 0 Å². The molecule has 2 saturated carbocycles. The van der Waals surface area contributed by atoms with Crippen molar-refractivity contribution in [3.8, 4) is 0 Å². The van der Waals surface area contributed by atoms with Crippen molar-refractivity contribution < 1.29 is 10.2 Å². The second-order valence-corrected chi connectivity index (χ2v) is 4.22. The van der Waals surface area contributed by atoms with Crippen LogP contribution in [0, 0.1) is 11.8 Å². The van der Waals surface area contributed by atoms with E-state index in [2.05, 4.69) is 0 Å². The zero-order valence-corrected chi connectivity index (χ0v) is 6.74. The second kappa shape index (κ2) is 2.76. The van der Waals surface area contributed by atoms with Crippen LogP contribution in [0.5, 0.6) is 0 Å². The van der Waals surface area contributed by atoms with E-state index in [1.54, 1.807) is 0 Å². The summed E-state index contributed by atoms with van der Waals surface area (Å²) in [5.74, 6) is 1.21. The Kier molecular flexibility index (Phi) is 1.90. The van der Waals surface area contributed by atoms with Gasteiger partial charge in [-0.3, -0.25) is 0 Å². The summed E-state index contributed by atoms with van der Waals surface area (Å²) < 4.78 is 0. The molecule has 2 aliphatic carbocycles. The van der Waals surface area contributed by atoms with Crippen molar-refractivity contribution in [2.75, 3.05) is 0 Å². The molecule has 0 aliphatic heterocycles. The molecule has 2 aliphatic rings. The minimum Gasteiger partial charge on any atom is -0.393 e. The lowest BCUT2D eigenvalue weighted by Gasteiger charge is -2.39. The van der Waals surface area contributed by atoms with Crippen LogP contribution >= 0.6 is 0 Å². The number of aliphatic hydroxyl groups is 2. The molecule has 2 fully saturated rings. The second-order valence-electron chi connectivity index (χ2n) is 4.22. The van der Waals surface area contributed by atoms with E-state index in [9.17, 15) is 10.2 Å². The number of rotatable bonds is 0. The van der Waals surface area contributed by atoms with Crippen LogP contribution in [0.25, 0.3) is 0 Å². The molecule has 0 heterocycles. The zero-order chi connectivity index (χ0) is 7.84. The average molecular weight is 156 g/mol. The Labute approximate surface area is 67.2 Å². The van der Waals surface area contributed by atoms with Crippen LogP contribution in [0.15, 0.2) is 0 Å². The molecule has 2 N–H and O–H groups in total. The summed E-state index contributed by atoms with van der Waals surface area (Å²) in [6.07, 6.45) is 4.79. The molecule has 0 spiro atoms. The van der Waals surface area contributed by atoms with E-state index in [1.807, 2.05) is 0 Å². The Morgan fingerprint density at radius 1 is 0.636 bits per heavy atom. The van der Waals surface area contributed by atoms with Gasteiger partial charge in [0.05, 0.1) is 12.2 Å². The summed E-state index contributed by atoms with van der Waals surface area (Å²) in [5.41, 5.74) is 0. The normalized spacial score (nSPS) is 50.7. The van der Waals surface area contributed by atoms with Crippen LogP contribution in [0.4, 0.5) is 0 Å². The Hall–Kier alpha value is -0.0800. The lowest BCUT2D eigenvalue weighted by Crippen LogP contribution is -2.35. The minimum atomic E-state index is -0.0775. The molecule has 11 heavy (non-hydrogen) atoms. The summed E-state index contributed by atoms with van der Waals surface area (Å²) in [6, 6.07) is 0. The number of hydrogen-bond acceptors (Lipinski definition) is 2. The fourth-order valence-corrected chi connectivity index (χ4v) is 2.78. The van der Waals surface area contributed by atoms with Crippen molar-refractivity contribution >= 4 is 0 Å². The smallest absolute Gasteiger partial charge is 0.0545 e. The van der Waals surface area contributed by atoms with E-state index in [0.29, 0.717) is 11.8 Å². The van der Waals surface area contributed by atoms with Gasteiger partial charge in [-0.25, -0.2) is 0 Å². The first kappa shape index (κ1) is 7.56. The first-order valence-corrected chi connectivity index (χ1v) is 4.60. The van der Waals surface area contributed by atoms with Gasteiger partial charge in [0.2, 0.25) is 0 Å². The first-order valence-electron chi connectivity index (χ1n) is 4.60. The van der Waals surface area contributed by atoms with Crippen LogP contribution in [-0.2, 0) is 0 Å². The maximum atomic E-state index is 9.42. The van der Waals surface area contributed by atoms with Crippen molar-refractivity contribution in [2.24, 2.45) is 11.8 Å². The van der Waals surface area contributed by atoms with Gasteiger partial charge in [0.25, 0.3) is 0 Å². The monoisotopic (exact) mass is 156 g/mol. The summed E-state index contributed by atoms with van der Waals surface area (Å²) in [6.45, 7) is 0. The maximum Gasteiger partial charge on any atom is 0.0545 e. The van der Waals surface area contributed by atoms with Crippen molar-refractivity contribution in [1.29, 1.82) is 0 Å². The Morgan fingerprint density at radius 2 is 1.00 bits per heavy atom. The molecule has 0 saturated heterocycles. The zero-order valence-electron chi connectivity index (χ0n) is 6.74. The highest BCUT2D eigenvalue weighted by atomic mass is 16.3. The molecule has 0 aromatic rings. The lowest BCUT2D eigenvalue weighted by molar-refractivity contribution is -0.00801. The van der Waals surface area contributed by atoms with Crippen LogP contribution < -0.4 is 0 Å². The van der Waals surface area contributed by atoms with Gasteiger partial charge in [-0.05, 0) is 43.9 Å². The predicted octanol–water partition coefficient (Wildman–Crippen LogP) is 0.918. The van der Waals surface area contributed by atoms with Crippen molar-refractivity contribution in [2.45, 2.75) is 44.3 Å². The number of hydrogen-bond donors (Lipinski definition) is 2. The largest absolute Gasteiger partial charge is 0.393 e. The van der Waals surface area contributed by atoms with Gasteiger partial charge in [0.1, 0.15) is 0 Å². The predicted molar refractivity (Wildman–Crippen MR) is 42.1 cm³/mol. The van der Waals surface area contributed by atoms with E-state index < -0.39 is 0 Å². The van der Waals surface area contributed by atoms with Gasteiger partial charge < -0.3 is 10.2 Å². The van der Waals surface area contributed by atoms with E-state index in [-0.39, 0.29) is 12.2 Å². The molecular weight excluding hydrogens is 140 g/mol. The van der Waals surface area contributed by atoms with Crippen LogP contribution in [0.1, 0.15) is 32.1 Å². The molecule has 0 amide bonds. The molecule has 2 heteroatoms. The fraction of sp³-hybridized carbons (Fsp3) is 1.00. The van der Waals surface area contributed by atoms with Gasteiger partial charge >= 0.3 is 0 Å². The third kappa shape index (κ3) is 1.57. The first-order chi connectivity index (χ1) is 5.24. The third-order valence-corrected chi connectivity index (χ3v) is 3.09. The lowest BCUT2D eigenvalue weighted by atomic mass is 9.70. The van der Waals surface area contributed by atoms with Crippen LogP contribution in [0.2, 0.25) is 0 Å². The molecule has 0 unspecified atom stereocenters. The van der Waals surface area contributed by atoms with Crippen LogP contribution in [-0.4, -0.2) is 22.4 Å². The summed E-state index contributed by atoms with van der Waals surface area (Å²) in [4.78, 5) is 0. The molecular formula is C9H16O2. The van der Waals surface area contributed by atoms with E-state index in [4.69, 9.17) is 0 Å². The number of fused-ring (bicyclic) bond motifs is 2. The van der Waals surface area contributed by atoms with Crippen molar-refractivity contribution in [3.63, 3.8) is 0 Å². The third-order valence-electron chi connectivity index (χ3n) is 3.09. The Bertz CT molecular complexity index is 113.